The molecule has 1 aromatic carbocycles. The van der Waals surface area contributed by atoms with Gasteiger partial charge < -0.3 is 4.74 Å². The van der Waals surface area contributed by atoms with Gasteiger partial charge in [0.05, 0.1) is 22.9 Å². The summed E-state index contributed by atoms with van der Waals surface area (Å²) in [6.45, 7) is 6.23. The quantitative estimate of drug-likeness (QED) is 0.852. The van der Waals surface area contributed by atoms with Gasteiger partial charge in [0.15, 0.2) is 9.84 Å². The van der Waals surface area contributed by atoms with Gasteiger partial charge in [-0.1, -0.05) is 0 Å². The van der Waals surface area contributed by atoms with Crippen LogP contribution in [-0.4, -0.2) is 20.0 Å². The van der Waals surface area contributed by atoms with Crippen LogP contribution in [0.2, 0.25) is 0 Å². The van der Waals surface area contributed by atoms with E-state index in [4.69, 9.17) is 4.74 Å². The van der Waals surface area contributed by atoms with Gasteiger partial charge in [-0.25, -0.2) is 8.42 Å². The van der Waals surface area contributed by atoms with Gasteiger partial charge in [0.25, 0.3) is 0 Å². The average molecular weight is 305 g/mol. The Hall–Kier alpha value is -1.88. The summed E-state index contributed by atoms with van der Waals surface area (Å²) < 4.78 is 30.1. The van der Waals surface area contributed by atoms with Crippen LogP contribution in [0.25, 0.3) is 0 Å². The number of hydrogen-bond donors (Lipinski definition) is 0. The van der Waals surface area contributed by atoms with E-state index in [9.17, 15) is 8.42 Å². The second-order valence-corrected chi connectivity index (χ2v) is 6.93. The van der Waals surface area contributed by atoms with Crippen LogP contribution in [0, 0.1) is 13.8 Å². The predicted octanol–water partition coefficient (Wildman–Crippen LogP) is 3.07. The highest BCUT2D eigenvalue weighted by molar-refractivity contribution is 7.90. The first-order valence-corrected chi connectivity index (χ1v) is 8.46. The maximum atomic E-state index is 12.4. The third-order valence-electron chi connectivity index (χ3n) is 2.98. The summed E-state index contributed by atoms with van der Waals surface area (Å²) in [7, 11) is -3.40. The maximum Gasteiger partial charge on any atom is 0.184 e. The molecule has 0 aliphatic rings. The Balaban J connectivity index is 2.25. The predicted molar refractivity (Wildman–Crippen MR) is 82.2 cm³/mol. The van der Waals surface area contributed by atoms with E-state index < -0.39 is 9.84 Å². The summed E-state index contributed by atoms with van der Waals surface area (Å²) in [6.07, 6.45) is 0. The zero-order chi connectivity index (χ0) is 15.5. The van der Waals surface area contributed by atoms with Crippen molar-refractivity contribution in [3.63, 3.8) is 0 Å². The van der Waals surface area contributed by atoms with Crippen LogP contribution < -0.4 is 4.74 Å². The Morgan fingerprint density at radius 1 is 1.10 bits per heavy atom. The molecule has 5 heteroatoms. The number of rotatable bonds is 5. The molecule has 0 radical (unpaired) electrons. The summed E-state index contributed by atoms with van der Waals surface area (Å²) in [4.78, 5) is 4.57. The maximum absolute atomic E-state index is 12.4. The highest BCUT2D eigenvalue weighted by Crippen LogP contribution is 2.20. The molecule has 0 spiro atoms. The van der Waals surface area contributed by atoms with Gasteiger partial charge in [0, 0.05) is 5.69 Å². The van der Waals surface area contributed by atoms with Crippen molar-refractivity contribution < 1.29 is 13.2 Å². The molecule has 0 atom stereocenters. The van der Waals surface area contributed by atoms with Crippen molar-refractivity contribution in [2.24, 2.45) is 0 Å². The van der Waals surface area contributed by atoms with Crippen LogP contribution >= 0.6 is 0 Å². The second kappa shape index (κ2) is 6.26. The summed E-state index contributed by atoms with van der Waals surface area (Å²) in [5.41, 5.74) is 2.41. The second-order valence-electron chi connectivity index (χ2n) is 4.94. The number of hydrogen-bond acceptors (Lipinski definition) is 4. The lowest BCUT2D eigenvalue weighted by Gasteiger charge is -2.07. The number of benzene rings is 1. The number of aryl methyl sites for hydroxylation is 2. The van der Waals surface area contributed by atoms with Crippen LogP contribution in [0.5, 0.6) is 5.75 Å². The van der Waals surface area contributed by atoms with E-state index in [0.29, 0.717) is 18.1 Å². The van der Waals surface area contributed by atoms with Crippen LogP contribution in [0.1, 0.15) is 23.9 Å². The van der Waals surface area contributed by atoms with E-state index in [-0.39, 0.29) is 10.6 Å². The van der Waals surface area contributed by atoms with Crippen molar-refractivity contribution in [1.82, 2.24) is 4.98 Å². The molecule has 4 nitrogen and oxygen atoms in total. The monoisotopic (exact) mass is 305 g/mol. The van der Waals surface area contributed by atoms with Gasteiger partial charge in [-0.3, -0.25) is 4.98 Å². The summed E-state index contributed by atoms with van der Waals surface area (Å²) in [5, 5.41) is 0. The smallest absolute Gasteiger partial charge is 0.184 e. The molecule has 0 fully saturated rings. The first-order valence-electron chi connectivity index (χ1n) is 6.80. The van der Waals surface area contributed by atoms with E-state index >= 15 is 0 Å². The zero-order valence-electron chi connectivity index (χ0n) is 12.5. The van der Waals surface area contributed by atoms with E-state index in [1.807, 2.05) is 26.8 Å². The van der Waals surface area contributed by atoms with Crippen LogP contribution in [-0.2, 0) is 15.6 Å². The Bertz CT molecular complexity index is 701. The number of nitrogens with zero attached hydrogens (tertiary/aromatic N) is 1. The third kappa shape index (κ3) is 4.04. The number of pyridine rings is 1. The van der Waals surface area contributed by atoms with Gasteiger partial charge in [0.1, 0.15) is 5.75 Å². The molecule has 1 heterocycles. The molecule has 0 unspecified atom stereocenters. The van der Waals surface area contributed by atoms with Crippen molar-refractivity contribution in [2.45, 2.75) is 31.4 Å². The number of sulfone groups is 1. The first kappa shape index (κ1) is 15.5. The lowest BCUT2D eigenvalue weighted by Crippen LogP contribution is -2.07. The van der Waals surface area contributed by atoms with Crippen molar-refractivity contribution in [1.29, 1.82) is 0 Å². The van der Waals surface area contributed by atoms with Crippen molar-refractivity contribution in [2.75, 3.05) is 6.61 Å². The van der Waals surface area contributed by atoms with E-state index in [1.165, 1.54) is 0 Å². The fraction of sp³-hybridized carbons (Fsp3) is 0.312. The molecule has 0 saturated carbocycles. The molecular weight excluding hydrogens is 286 g/mol. The van der Waals surface area contributed by atoms with Crippen molar-refractivity contribution in [3.8, 4) is 5.75 Å². The lowest BCUT2D eigenvalue weighted by atomic mass is 10.2. The molecule has 21 heavy (non-hydrogen) atoms. The number of ether oxygens (including phenoxy) is 1. The molecule has 2 rings (SSSR count). The fourth-order valence-corrected chi connectivity index (χ4v) is 3.44. The summed E-state index contributed by atoms with van der Waals surface area (Å²) >= 11 is 0. The first-order chi connectivity index (χ1) is 9.90. The van der Waals surface area contributed by atoms with E-state index in [0.717, 1.165) is 11.3 Å². The molecule has 0 aliphatic carbocycles. The molecule has 1 aromatic heterocycles. The highest BCUT2D eigenvalue weighted by Gasteiger charge is 2.16. The Labute approximate surface area is 125 Å². The Morgan fingerprint density at radius 2 is 1.76 bits per heavy atom. The normalized spacial score (nSPS) is 11.4. The summed E-state index contributed by atoms with van der Waals surface area (Å²) in [6, 6.07) is 10.2. The topological polar surface area (TPSA) is 56.3 Å². The highest BCUT2D eigenvalue weighted by atomic mass is 32.2. The van der Waals surface area contributed by atoms with Gasteiger partial charge in [-0.15, -0.1) is 0 Å². The molecule has 2 aromatic rings. The fourth-order valence-electron chi connectivity index (χ4n) is 2.19. The summed E-state index contributed by atoms with van der Waals surface area (Å²) in [5.74, 6) is 0.574. The Morgan fingerprint density at radius 3 is 2.33 bits per heavy atom. The molecular formula is C16H19NO3S. The Kier molecular flexibility index (Phi) is 4.63. The minimum atomic E-state index is -3.40. The minimum absolute atomic E-state index is 0.0937. The van der Waals surface area contributed by atoms with Gasteiger partial charge in [-0.05, 0) is 62.7 Å². The van der Waals surface area contributed by atoms with Crippen LogP contribution in [0.4, 0.5) is 0 Å². The van der Waals surface area contributed by atoms with Crippen molar-refractivity contribution in [3.05, 3.63) is 53.3 Å². The average Bonchev–Trinajstić information content (AvgIpc) is 2.38. The standard InChI is InChI=1S/C16H19NO3S/c1-4-20-15-5-7-16(8-6-15)21(18,19)11-14-10-12(2)9-13(3)17-14/h5-10H,4,11H2,1-3H3. The zero-order valence-corrected chi connectivity index (χ0v) is 13.3. The lowest BCUT2D eigenvalue weighted by molar-refractivity contribution is 0.340. The molecule has 0 amide bonds. The molecule has 0 bridgehead atoms. The molecule has 0 N–H and O–H groups in total. The SMILES string of the molecule is CCOc1ccc(S(=O)(=O)Cc2cc(C)cc(C)n2)cc1. The van der Waals surface area contributed by atoms with E-state index in [1.54, 1.807) is 30.3 Å². The van der Waals surface area contributed by atoms with Crippen LogP contribution in [0.15, 0.2) is 41.3 Å². The molecule has 0 saturated heterocycles. The minimum Gasteiger partial charge on any atom is -0.494 e. The van der Waals surface area contributed by atoms with Gasteiger partial charge >= 0.3 is 0 Å². The van der Waals surface area contributed by atoms with Gasteiger partial charge in [0.2, 0.25) is 0 Å². The molecule has 0 aliphatic heterocycles. The van der Waals surface area contributed by atoms with Crippen molar-refractivity contribution >= 4 is 9.84 Å². The third-order valence-corrected chi connectivity index (χ3v) is 4.65. The van der Waals surface area contributed by atoms with E-state index in [2.05, 4.69) is 4.98 Å². The number of aromatic nitrogens is 1. The van der Waals surface area contributed by atoms with Gasteiger partial charge in [-0.2, -0.15) is 0 Å². The van der Waals surface area contributed by atoms with Crippen LogP contribution in [0.3, 0.4) is 0 Å². The largest absolute Gasteiger partial charge is 0.494 e. The molecule has 112 valence electrons.